The minimum atomic E-state index is -0.992. The molecule has 17 heavy (non-hydrogen) atoms. The maximum absolute atomic E-state index is 12.1. The van der Waals surface area contributed by atoms with Gasteiger partial charge in [0.05, 0.1) is 15.9 Å². The summed E-state index contributed by atoms with van der Waals surface area (Å²) in [6, 6.07) is 0. The number of aliphatic carboxylic acids is 1. The first kappa shape index (κ1) is 11.8. The van der Waals surface area contributed by atoms with Crippen LogP contribution in [0.15, 0.2) is 11.8 Å². The van der Waals surface area contributed by atoms with Crippen LogP contribution in [0.4, 0.5) is 0 Å². The van der Waals surface area contributed by atoms with Gasteiger partial charge in [-0.1, -0.05) is 0 Å². The Morgan fingerprint density at radius 3 is 2.71 bits per heavy atom. The monoisotopic (exact) mass is 289 g/mol. The van der Waals surface area contributed by atoms with Crippen LogP contribution in [0.1, 0.15) is 0 Å². The molecular weight excluding hydrogens is 278 g/mol. The molecule has 3 heterocycles. The molecule has 2 fully saturated rings. The standard InChI is InChI=1S/C10H11NO3S3/c12-7-6(10-16-3-4-17-10)8-11(7)5(9(13)14)1-2-15-8/h1,6,8,10H,2-4H2,(H,13,14)/t6?,8-/m0/s1. The number of thioether (sulfide) groups is 3. The maximum Gasteiger partial charge on any atom is 0.352 e. The first-order valence-electron chi connectivity index (χ1n) is 5.31. The normalized spacial score (nSPS) is 33.1. The van der Waals surface area contributed by atoms with E-state index >= 15 is 0 Å². The van der Waals surface area contributed by atoms with Crippen molar-refractivity contribution >= 4 is 47.2 Å². The molecule has 3 aliphatic rings. The van der Waals surface area contributed by atoms with E-state index in [1.54, 1.807) is 17.8 Å². The fraction of sp³-hybridized carbons (Fsp3) is 0.600. The third-order valence-corrected chi connectivity index (χ3v) is 7.45. The van der Waals surface area contributed by atoms with Crippen molar-refractivity contribution in [3.8, 4) is 0 Å². The van der Waals surface area contributed by atoms with Gasteiger partial charge in [-0.05, 0) is 6.08 Å². The quantitative estimate of drug-likeness (QED) is 0.773. The van der Waals surface area contributed by atoms with E-state index in [2.05, 4.69) is 0 Å². The molecule has 1 unspecified atom stereocenters. The number of hydrogen-bond donors (Lipinski definition) is 1. The number of amides is 1. The van der Waals surface area contributed by atoms with Gasteiger partial charge in [0.25, 0.3) is 0 Å². The maximum atomic E-state index is 12.1. The van der Waals surface area contributed by atoms with Crippen LogP contribution in [-0.4, -0.2) is 49.1 Å². The molecule has 0 aromatic carbocycles. The van der Waals surface area contributed by atoms with Gasteiger partial charge in [0.2, 0.25) is 5.91 Å². The third-order valence-electron chi connectivity index (χ3n) is 3.05. The van der Waals surface area contributed by atoms with Crippen LogP contribution in [0.3, 0.4) is 0 Å². The molecule has 0 saturated carbocycles. The molecule has 0 aromatic rings. The Morgan fingerprint density at radius 2 is 2.06 bits per heavy atom. The van der Waals surface area contributed by atoms with E-state index in [-0.39, 0.29) is 22.9 Å². The third kappa shape index (κ3) is 1.79. The van der Waals surface area contributed by atoms with Crippen molar-refractivity contribution in [3.05, 3.63) is 11.8 Å². The van der Waals surface area contributed by atoms with Crippen molar-refractivity contribution in [1.82, 2.24) is 4.90 Å². The number of fused-ring (bicyclic) bond motifs is 1. The van der Waals surface area contributed by atoms with E-state index in [1.165, 1.54) is 4.90 Å². The summed E-state index contributed by atoms with van der Waals surface area (Å²) in [4.78, 5) is 24.6. The summed E-state index contributed by atoms with van der Waals surface area (Å²) < 4.78 is 0.324. The van der Waals surface area contributed by atoms with Crippen LogP contribution >= 0.6 is 35.3 Å². The molecule has 0 bridgehead atoms. The molecular formula is C10H11NO3S3. The topological polar surface area (TPSA) is 57.6 Å². The predicted molar refractivity (Wildman–Crippen MR) is 71.0 cm³/mol. The average Bonchev–Trinajstić information content (AvgIpc) is 2.80. The van der Waals surface area contributed by atoms with Crippen LogP contribution in [0.5, 0.6) is 0 Å². The Kier molecular flexibility index (Phi) is 3.08. The van der Waals surface area contributed by atoms with E-state index < -0.39 is 5.97 Å². The van der Waals surface area contributed by atoms with Crippen LogP contribution in [-0.2, 0) is 9.59 Å². The summed E-state index contributed by atoms with van der Waals surface area (Å²) in [6.07, 6.45) is 1.63. The number of carbonyl (C=O) groups is 2. The number of nitrogens with zero attached hydrogens (tertiary/aromatic N) is 1. The lowest BCUT2D eigenvalue weighted by Crippen LogP contribution is -2.63. The molecule has 3 aliphatic heterocycles. The molecule has 1 amide bonds. The number of hydrogen-bond acceptors (Lipinski definition) is 5. The van der Waals surface area contributed by atoms with E-state index in [1.807, 2.05) is 23.5 Å². The SMILES string of the molecule is O=C(O)C1=CCS[C@H]2C(C3SCCS3)C(=O)N12. The number of carboxylic acid groups (broad SMARTS) is 1. The minimum Gasteiger partial charge on any atom is -0.477 e. The largest absolute Gasteiger partial charge is 0.477 e. The fourth-order valence-electron chi connectivity index (χ4n) is 2.27. The van der Waals surface area contributed by atoms with Gasteiger partial charge < -0.3 is 5.11 Å². The van der Waals surface area contributed by atoms with Gasteiger partial charge in [0, 0.05) is 17.3 Å². The Bertz CT molecular complexity index is 406. The smallest absolute Gasteiger partial charge is 0.352 e. The Balaban J connectivity index is 1.80. The number of carboxylic acids is 1. The zero-order valence-electron chi connectivity index (χ0n) is 8.87. The molecule has 0 radical (unpaired) electrons. The Labute approximate surface area is 112 Å². The molecule has 92 valence electrons. The highest BCUT2D eigenvalue weighted by molar-refractivity contribution is 8.20. The van der Waals surface area contributed by atoms with Crippen LogP contribution in [0.2, 0.25) is 0 Å². The Hall–Kier alpha value is -0.270. The van der Waals surface area contributed by atoms with Gasteiger partial charge in [0.15, 0.2) is 0 Å². The van der Waals surface area contributed by atoms with E-state index in [0.29, 0.717) is 10.3 Å². The minimum absolute atomic E-state index is 0.000509. The molecule has 0 aliphatic carbocycles. The molecule has 2 saturated heterocycles. The molecule has 7 heteroatoms. The van der Waals surface area contributed by atoms with Crippen molar-refractivity contribution in [1.29, 1.82) is 0 Å². The van der Waals surface area contributed by atoms with E-state index in [9.17, 15) is 9.59 Å². The molecule has 4 nitrogen and oxygen atoms in total. The fourth-order valence-corrected chi connectivity index (χ4v) is 6.91. The highest BCUT2D eigenvalue weighted by Crippen LogP contribution is 2.50. The summed E-state index contributed by atoms with van der Waals surface area (Å²) >= 11 is 5.33. The van der Waals surface area contributed by atoms with Crippen molar-refractivity contribution in [2.75, 3.05) is 17.3 Å². The number of rotatable bonds is 2. The molecule has 1 N–H and O–H groups in total. The van der Waals surface area contributed by atoms with E-state index in [0.717, 1.165) is 11.5 Å². The van der Waals surface area contributed by atoms with Crippen LogP contribution in [0, 0.1) is 5.92 Å². The summed E-state index contributed by atoms with van der Waals surface area (Å²) in [5.74, 6) is 1.88. The van der Waals surface area contributed by atoms with Crippen molar-refractivity contribution < 1.29 is 14.7 Å². The molecule has 3 rings (SSSR count). The number of carbonyl (C=O) groups excluding carboxylic acids is 1. The predicted octanol–water partition coefficient (Wildman–Crippen LogP) is 1.29. The second-order valence-corrected chi connectivity index (χ2v) is 7.91. The lowest BCUT2D eigenvalue weighted by molar-refractivity contribution is -0.151. The lowest BCUT2D eigenvalue weighted by atomic mass is 9.98. The second-order valence-electron chi connectivity index (χ2n) is 3.96. The molecule has 0 spiro atoms. The Morgan fingerprint density at radius 1 is 1.35 bits per heavy atom. The summed E-state index contributed by atoms with van der Waals surface area (Å²) in [5, 5.41) is 9.09. The zero-order valence-corrected chi connectivity index (χ0v) is 11.3. The average molecular weight is 289 g/mol. The van der Waals surface area contributed by atoms with E-state index in [4.69, 9.17) is 5.11 Å². The van der Waals surface area contributed by atoms with Gasteiger partial charge in [-0.15, -0.1) is 35.3 Å². The summed E-state index contributed by atoms with van der Waals surface area (Å²) in [7, 11) is 0. The highest BCUT2D eigenvalue weighted by Gasteiger charge is 2.55. The van der Waals surface area contributed by atoms with Crippen molar-refractivity contribution in [2.24, 2.45) is 5.92 Å². The van der Waals surface area contributed by atoms with Crippen LogP contribution < -0.4 is 0 Å². The zero-order chi connectivity index (χ0) is 12.0. The second kappa shape index (κ2) is 4.44. The van der Waals surface area contributed by atoms with Crippen molar-refractivity contribution in [2.45, 2.75) is 9.96 Å². The van der Waals surface area contributed by atoms with Crippen molar-refractivity contribution in [3.63, 3.8) is 0 Å². The van der Waals surface area contributed by atoms with Crippen LogP contribution in [0.25, 0.3) is 0 Å². The lowest BCUT2D eigenvalue weighted by Gasteiger charge is -2.50. The van der Waals surface area contributed by atoms with Gasteiger partial charge in [-0.3, -0.25) is 9.69 Å². The van der Waals surface area contributed by atoms with Gasteiger partial charge in [-0.25, -0.2) is 4.79 Å². The number of β-lactam (4-membered cyclic amide) rings is 1. The van der Waals surface area contributed by atoms with Gasteiger partial charge >= 0.3 is 5.97 Å². The van der Waals surface area contributed by atoms with Gasteiger partial charge in [-0.2, -0.15) is 0 Å². The van der Waals surface area contributed by atoms with Gasteiger partial charge in [0.1, 0.15) is 5.70 Å². The summed E-state index contributed by atoms with van der Waals surface area (Å²) in [5.41, 5.74) is 0.169. The first-order chi connectivity index (χ1) is 8.20. The molecule has 2 atom stereocenters. The molecule has 0 aromatic heterocycles. The summed E-state index contributed by atoms with van der Waals surface area (Å²) in [6.45, 7) is 0. The first-order valence-corrected chi connectivity index (χ1v) is 8.46. The highest BCUT2D eigenvalue weighted by atomic mass is 32.2.